The topological polar surface area (TPSA) is 83.5 Å². The number of aliphatic carboxylic acids is 1. The summed E-state index contributed by atoms with van der Waals surface area (Å²) < 4.78 is 0. The molecule has 0 heterocycles. The molecule has 0 radical (unpaired) electrons. The lowest BCUT2D eigenvalue weighted by Crippen LogP contribution is -2.18. The lowest BCUT2D eigenvalue weighted by atomic mass is 10.0. The number of unbranched alkanes of at least 4 members (excludes halogenated alkanes) is 1. The van der Waals surface area contributed by atoms with Crippen LogP contribution >= 0.6 is 0 Å². The fourth-order valence-corrected chi connectivity index (χ4v) is 2.54. The number of carboxylic acid groups (broad SMARTS) is 1. The Kier molecular flexibility index (Phi) is 3.87. The van der Waals surface area contributed by atoms with Gasteiger partial charge < -0.3 is 15.9 Å². The summed E-state index contributed by atoms with van der Waals surface area (Å²) in [6.07, 6.45) is 4.05. The number of nitrogens with two attached hydrogens (primary N) is 1. The molecular weight excluding hydrogens is 230 g/mol. The second kappa shape index (κ2) is 5.40. The van der Waals surface area contributed by atoms with Crippen LogP contribution < -0.4 is 5.73 Å². The number of benzene rings is 1. The summed E-state index contributed by atoms with van der Waals surface area (Å²) >= 11 is 0. The van der Waals surface area contributed by atoms with Crippen molar-refractivity contribution in [1.82, 2.24) is 0 Å². The van der Waals surface area contributed by atoms with Crippen molar-refractivity contribution in [2.45, 2.75) is 44.6 Å². The number of carbonyl (C=O) groups is 1. The molecule has 2 rings (SSSR count). The van der Waals surface area contributed by atoms with E-state index >= 15 is 0 Å². The molecule has 1 aliphatic rings. The van der Waals surface area contributed by atoms with Gasteiger partial charge in [-0.1, -0.05) is 6.07 Å². The number of phenols is 1. The first-order valence-corrected chi connectivity index (χ1v) is 6.37. The van der Waals surface area contributed by atoms with Crippen molar-refractivity contribution in [2.24, 2.45) is 5.73 Å². The Bertz CT molecular complexity index is 457. The molecule has 1 aromatic rings. The average molecular weight is 249 g/mol. The minimum absolute atomic E-state index is 0.168. The zero-order chi connectivity index (χ0) is 13.1. The average Bonchev–Trinajstić information content (AvgIpc) is 2.63. The van der Waals surface area contributed by atoms with Crippen LogP contribution in [0, 0.1) is 0 Å². The fraction of sp³-hybridized carbons (Fsp3) is 0.500. The van der Waals surface area contributed by atoms with Crippen LogP contribution in [0.2, 0.25) is 0 Å². The molecule has 1 unspecified atom stereocenters. The van der Waals surface area contributed by atoms with Crippen LogP contribution in [-0.2, 0) is 24.1 Å². The van der Waals surface area contributed by atoms with Crippen molar-refractivity contribution >= 4 is 5.97 Å². The van der Waals surface area contributed by atoms with Gasteiger partial charge in [0.1, 0.15) is 5.75 Å². The second-order valence-electron chi connectivity index (χ2n) is 5.02. The quantitative estimate of drug-likeness (QED) is 0.692. The summed E-state index contributed by atoms with van der Waals surface area (Å²) in [5.74, 6) is -0.447. The lowest BCUT2D eigenvalue weighted by molar-refractivity contribution is -0.137. The number of phenolic OH excluding ortho intramolecular Hbond substituents is 1. The van der Waals surface area contributed by atoms with Crippen LogP contribution in [0.15, 0.2) is 12.1 Å². The Labute approximate surface area is 106 Å². The highest BCUT2D eigenvalue weighted by molar-refractivity contribution is 5.66. The van der Waals surface area contributed by atoms with Crippen molar-refractivity contribution in [3.05, 3.63) is 28.8 Å². The molecule has 0 fully saturated rings. The summed E-state index contributed by atoms with van der Waals surface area (Å²) in [6.45, 7) is 0. The smallest absolute Gasteiger partial charge is 0.303 e. The van der Waals surface area contributed by atoms with E-state index in [0.717, 1.165) is 36.8 Å². The Morgan fingerprint density at radius 2 is 1.94 bits per heavy atom. The highest BCUT2D eigenvalue weighted by Crippen LogP contribution is 2.29. The monoisotopic (exact) mass is 249 g/mol. The van der Waals surface area contributed by atoms with Crippen molar-refractivity contribution < 1.29 is 15.0 Å². The van der Waals surface area contributed by atoms with Crippen LogP contribution in [0.5, 0.6) is 5.75 Å². The Morgan fingerprint density at radius 1 is 1.28 bits per heavy atom. The number of fused-ring (bicyclic) bond motifs is 1. The standard InChI is InChI=1S/C14H19NO3/c15-12-6-10-5-9(3-1-2-4-14(17)18)13(16)8-11(10)7-12/h5,8,12,16H,1-4,6-7,15H2,(H,17,18). The van der Waals surface area contributed by atoms with Crippen molar-refractivity contribution in [3.8, 4) is 5.75 Å². The van der Waals surface area contributed by atoms with Crippen LogP contribution in [0.4, 0.5) is 0 Å². The SMILES string of the molecule is NC1Cc2cc(O)c(CCCCC(=O)O)cc2C1. The number of rotatable bonds is 5. The van der Waals surface area contributed by atoms with Crippen LogP contribution in [0.1, 0.15) is 36.0 Å². The van der Waals surface area contributed by atoms with Gasteiger partial charge in [-0.15, -0.1) is 0 Å². The molecule has 1 aliphatic carbocycles. The molecule has 98 valence electrons. The normalized spacial score (nSPS) is 17.7. The van der Waals surface area contributed by atoms with Gasteiger partial charge in [-0.3, -0.25) is 4.79 Å². The summed E-state index contributed by atoms with van der Waals surface area (Å²) in [6, 6.07) is 4.01. The molecule has 4 nitrogen and oxygen atoms in total. The van der Waals surface area contributed by atoms with Gasteiger partial charge in [-0.05, 0) is 54.9 Å². The predicted molar refractivity (Wildman–Crippen MR) is 68.7 cm³/mol. The maximum absolute atomic E-state index is 10.4. The van der Waals surface area contributed by atoms with Gasteiger partial charge in [0.2, 0.25) is 0 Å². The van der Waals surface area contributed by atoms with E-state index in [2.05, 4.69) is 0 Å². The molecule has 0 saturated heterocycles. The van der Waals surface area contributed by atoms with Gasteiger partial charge in [0.25, 0.3) is 0 Å². The molecule has 4 heteroatoms. The zero-order valence-corrected chi connectivity index (χ0v) is 10.4. The van der Waals surface area contributed by atoms with E-state index in [-0.39, 0.29) is 12.5 Å². The molecule has 18 heavy (non-hydrogen) atoms. The molecule has 0 aliphatic heterocycles. The highest BCUT2D eigenvalue weighted by Gasteiger charge is 2.19. The maximum Gasteiger partial charge on any atom is 0.303 e. The van der Waals surface area contributed by atoms with Gasteiger partial charge in [0.15, 0.2) is 0 Å². The molecule has 0 aromatic heterocycles. The number of hydrogen-bond acceptors (Lipinski definition) is 3. The molecule has 0 amide bonds. The molecule has 0 saturated carbocycles. The van der Waals surface area contributed by atoms with Crippen molar-refractivity contribution in [2.75, 3.05) is 0 Å². The number of aromatic hydroxyl groups is 1. The minimum Gasteiger partial charge on any atom is -0.508 e. The highest BCUT2D eigenvalue weighted by atomic mass is 16.4. The van der Waals surface area contributed by atoms with Crippen molar-refractivity contribution in [1.29, 1.82) is 0 Å². The largest absolute Gasteiger partial charge is 0.508 e. The van der Waals surface area contributed by atoms with Gasteiger partial charge in [-0.25, -0.2) is 0 Å². The maximum atomic E-state index is 10.4. The van der Waals surface area contributed by atoms with Gasteiger partial charge in [0, 0.05) is 12.5 Å². The first-order chi connectivity index (χ1) is 8.56. The summed E-state index contributed by atoms with van der Waals surface area (Å²) in [7, 11) is 0. The predicted octanol–water partition coefficient (Wildman–Crippen LogP) is 1.62. The van der Waals surface area contributed by atoms with Gasteiger partial charge >= 0.3 is 5.97 Å². The minimum atomic E-state index is -0.765. The second-order valence-corrected chi connectivity index (χ2v) is 5.02. The van der Waals surface area contributed by atoms with Crippen molar-refractivity contribution in [3.63, 3.8) is 0 Å². The zero-order valence-electron chi connectivity index (χ0n) is 10.4. The van der Waals surface area contributed by atoms with Gasteiger partial charge in [0.05, 0.1) is 0 Å². The van der Waals surface area contributed by atoms with Crippen LogP contribution in [0.3, 0.4) is 0 Å². The first-order valence-electron chi connectivity index (χ1n) is 6.37. The van der Waals surface area contributed by atoms with E-state index < -0.39 is 5.97 Å². The number of hydrogen-bond donors (Lipinski definition) is 3. The summed E-state index contributed by atoms with van der Waals surface area (Å²) in [4.78, 5) is 10.4. The number of aryl methyl sites for hydroxylation is 1. The summed E-state index contributed by atoms with van der Waals surface area (Å²) in [5.41, 5.74) is 9.18. The van der Waals surface area contributed by atoms with E-state index in [1.807, 2.05) is 12.1 Å². The van der Waals surface area contributed by atoms with E-state index in [0.29, 0.717) is 12.2 Å². The number of carboxylic acids is 1. The van der Waals surface area contributed by atoms with E-state index in [4.69, 9.17) is 10.8 Å². The molecule has 1 atom stereocenters. The molecule has 0 spiro atoms. The molecule has 0 bridgehead atoms. The molecule has 4 N–H and O–H groups in total. The molecule has 1 aromatic carbocycles. The van der Waals surface area contributed by atoms with Gasteiger partial charge in [-0.2, -0.15) is 0 Å². The first kappa shape index (κ1) is 12.9. The van der Waals surface area contributed by atoms with E-state index in [1.165, 1.54) is 5.56 Å². The van der Waals surface area contributed by atoms with Crippen LogP contribution in [0.25, 0.3) is 0 Å². The Morgan fingerprint density at radius 3 is 2.61 bits per heavy atom. The lowest BCUT2D eigenvalue weighted by Gasteiger charge is -2.07. The van der Waals surface area contributed by atoms with Crippen LogP contribution in [-0.4, -0.2) is 22.2 Å². The van der Waals surface area contributed by atoms with E-state index in [9.17, 15) is 9.90 Å². The summed E-state index contributed by atoms with van der Waals surface area (Å²) in [5, 5.41) is 18.5. The Balaban J connectivity index is 1.97. The van der Waals surface area contributed by atoms with E-state index in [1.54, 1.807) is 0 Å². The fourth-order valence-electron chi connectivity index (χ4n) is 2.54. The third-order valence-electron chi connectivity index (χ3n) is 3.45. The Hall–Kier alpha value is -1.55. The molecular formula is C14H19NO3. The third kappa shape index (κ3) is 3.01. The third-order valence-corrected chi connectivity index (χ3v) is 3.45.